The fraction of sp³-hybridized carbons (Fsp3) is 0.150. The molecule has 0 unspecified atom stereocenters. The molecule has 0 aliphatic rings. The van der Waals surface area contributed by atoms with Gasteiger partial charge in [-0.2, -0.15) is 13.2 Å². The Morgan fingerprint density at radius 3 is 2.62 bits per heavy atom. The molecule has 9 heteroatoms. The lowest BCUT2D eigenvalue weighted by molar-refractivity contribution is -0.137. The molecule has 4 nitrogen and oxygen atoms in total. The van der Waals surface area contributed by atoms with Crippen LogP contribution in [0.3, 0.4) is 0 Å². The maximum absolute atomic E-state index is 12.8. The van der Waals surface area contributed by atoms with Gasteiger partial charge in [0.15, 0.2) is 0 Å². The number of hydrogen-bond donors (Lipinski definition) is 1. The van der Waals surface area contributed by atoms with Crippen molar-refractivity contribution in [1.82, 2.24) is 9.88 Å². The van der Waals surface area contributed by atoms with Crippen molar-refractivity contribution in [2.75, 3.05) is 0 Å². The molecule has 4 rings (SSSR count). The quantitative estimate of drug-likeness (QED) is 0.376. The zero-order chi connectivity index (χ0) is 20.6. The fourth-order valence-electron chi connectivity index (χ4n) is 3.04. The minimum absolute atomic E-state index is 0.242. The minimum Gasteiger partial charge on any atom is -0.467 e. The summed E-state index contributed by atoms with van der Waals surface area (Å²) < 4.78 is 47.2. The number of carbonyl (C=O) groups is 1. The normalized spacial score (nSPS) is 11.9. The second-order valence-corrected chi connectivity index (χ2v) is 8.13. The summed E-state index contributed by atoms with van der Waals surface area (Å²) in [6.45, 7) is 0.507. The molecule has 1 N–H and O–H groups in total. The van der Waals surface area contributed by atoms with Gasteiger partial charge in [0.2, 0.25) is 0 Å². The van der Waals surface area contributed by atoms with Crippen molar-refractivity contribution in [1.29, 1.82) is 0 Å². The van der Waals surface area contributed by atoms with E-state index in [9.17, 15) is 18.0 Å². The van der Waals surface area contributed by atoms with Crippen LogP contribution in [-0.4, -0.2) is 10.5 Å². The van der Waals surface area contributed by atoms with Crippen LogP contribution in [0, 0.1) is 0 Å². The molecule has 3 heterocycles. The molecule has 29 heavy (non-hydrogen) atoms. The van der Waals surface area contributed by atoms with Crippen molar-refractivity contribution in [3.05, 3.63) is 81.2 Å². The number of hydrogen-bond acceptors (Lipinski definition) is 3. The van der Waals surface area contributed by atoms with Crippen LogP contribution >= 0.6 is 27.3 Å². The van der Waals surface area contributed by atoms with E-state index in [0.717, 1.165) is 26.8 Å². The molecule has 0 atom stereocenters. The van der Waals surface area contributed by atoms with Crippen molar-refractivity contribution in [2.45, 2.75) is 19.3 Å². The Bertz CT molecular complexity index is 1150. The number of benzene rings is 1. The van der Waals surface area contributed by atoms with Gasteiger partial charge < -0.3 is 14.3 Å². The van der Waals surface area contributed by atoms with Gasteiger partial charge in [0.1, 0.15) is 11.5 Å². The first kappa shape index (κ1) is 19.8. The number of nitrogens with zero attached hydrogens (tertiary/aromatic N) is 1. The van der Waals surface area contributed by atoms with Crippen LogP contribution in [0.15, 0.2) is 63.0 Å². The summed E-state index contributed by atoms with van der Waals surface area (Å²) >= 11 is 4.98. The highest BCUT2D eigenvalue weighted by Gasteiger charge is 2.30. The molecule has 3 aromatic heterocycles. The number of halogens is 4. The Labute approximate surface area is 176 Å². The summed E-state index contributed by atoms with van der Waals surface area (Å²) in [6.07, 6.45) is -2.85. The van der Waals surface area contributed by atoms with Crippen molar-refractivity contribution < 1.29 is 22.4 Å². The molecule has 0 spiro atoms. The second kappa shape index (κ2) is 7.72. The van der Waals surface area contributed by atoms with Gasteiger partial charge in [-0.15, -0.1) is 11.3 Å². The molecule has 0 radical (unpaired) electrons. The summed E-state index contributed by atoms with van der Waals surface area (Å²) in [5.41, 5.74) is 1.22. The summed E-state index contributed by atoms with van der Waals surface area (Å²) in [5, 5.41) is 4.73. The number of nitrogens with one attached hydrogen (secondary N) is 1. The van der Waals surface area contributed by atoms with Crippen LogP contribution in [0.25, 0.3) is 10.2 Å². The third-order valence-electron chi connectivity index (χ3n) is 4.44. The minimum atomic E-state index is -4.38. The van der Waals surface area contributed by atoms with E-state index in [1.165, 1.54) is 29.7 Å². The van der Waals surface area contributed by atoms with Crippen LogP contribution in [0.2, 0.25) is 0 Å². The van der Waals surface area contributed by atoms with E-state index in [2.05, 4.69) is 21.2 Å². The zero-order valence-electron chi connectivity index (χ0n) is 14.8. The van der Waals surface area contributed by atoms with E-state index in [4.69, 9.17) is 4.42 Å². The molecule has 0 saturated carbocycles. The van der Waals surface area contributed by atoms with Crippen LogP contribution in [-0.2, 0) is 19.3 Å². The van der Waals surface area contributed by atoms with Crippen molar-refractivity contribution in [2.24, 2.45) is 0 Å². The number of carbonyl (C=O) groups excluding carboxylic acids is 1. The molecule has 0 aliphatic heterocycles. The molecule has 0 bridgehead atoms. The predicted molar refractivity (Wildman–Crippen MR) is 108 cm³/mol. The van der Waals surface area contributed by atoms with Gasteiger partial charge in [-0.25, -0.2) is 0 Å². The molecule has 0 saturated heterocycles. The first-order valence-corrected chi connectivity index (χ1v) is 10.2. The third-order valence-corrected chi connectivity index (χ3v) is 6.26. The molecule has 0 fully saturated rings. The van der Waals surface area contributed by atoms with Gasteiger partial charge in [0.05, 0.1) is 33.1 Å². The first-order chi connectivity index (χ1) is 13.8. The average Bonchev–Trinajstić information content (AvgIpc) is 3.39. The highest BCUT2D eigenvalue weighted by molar-refractivity contribution is 9.10. The number of fused-ring (bicyclic) bond motifs is 1. The number of alkyl halides is 3. The molecular weight excluding hydrogens is 469 g/mol. The topological polar surface area (TPSA) is 47.2 Å². The van der Waals surface area contributed by atoms with Crippen LogP contribution in [0.1, 0.15) is 27.4 Å². The molecular formula is C20H14BrF3N2O2S. The summed E-state index contributed by atoms with van der Waals surface area (Å²) in [7, 11) is 0. The Balaban J connectivity index is 1.64. The Morgan fingerprint density at radius 2 is 1.97 bits per heavy atom. The number of rotatable bonds is 5. The molecule has 1 amide bonds. The highest BCUT2D eigenvalue weighted by Crippen LogP contribution is 2.34. The summed E-state index contributed by atoms with van der Waals surface area (Å²) in [5.74, 6) is 0.339. The van der Waals surface area contributed by atoms with Crippen LogP contribution in [0.4, 0.5) is 13.2 Å². The smallest absolute Gasteiger partial charge is 0.416 e. The summed E-state index contributed by atoms with van der Waals surface area (Å²) in [6, 6.07) is 10.2. The van der Waals surface area contributed by atoms with Gasteiger partial charge in [0.25, 0.3) is 5.91 Å². The highest BCUT2D eigenvalue weighted by atomic mass is 79.9. The van der Waals surface area contributed by atoms with Crippen molar-refractivity contribution in [3.8, 4) is 0 Å². The molecule has 1 aromatic carbocycles. The Hall–Kier alpha value is -2.52. The van der Waals surface area contributed by atoms with Gasteiger partial charge in [-0.05, 0) is 51.8 Å². The van der Waals surface area contributed by atoms with Gasteiger partial charge >= 0.3 is 6.18 Å². The van der Waals surface area contributed by atoms with E-state index in [1.807, 2.05) is 5.38 Å². The third kappa shape index (κ3) is 4.11. The standard InChI is InChI=1S/C20H14BrF3N2O2S/c21-15-11-29-17-8-16(19(27)25-9-14-2-1-7-28-14)26(18(15)17)10-12-3-5-13(6-4-12)20(22,23)24/h1-8,11H,9-10H2,(H,25,27). The summed E-state index contributed by atoms with van der Waals surface area (Å²) in [4.78, 5) is 12.8. The Morgan fingerprint density at radius 1 is 1.21 bits per heavy atom. The van der Waals surface area contributed by atoms with Crippen LogP contribution in [0.5, 0.6) is 0 Å². The number of aromatic nitrogens is 1. The van der Waals surface area contributed by atoms with E-state index >= 15 is 0 Å². The van der Waals surface area contributed by atoms with Gasteiger partial charge in [-0.3, -0.25) is 4.79 Å². The van der Waals surface area contributed by atoms with Crippen molar-refractivity contribution in [3.63, 3.8) is 0 Å². The zero-order valence-corrected chi connectivity index (χ0v) is 17.2. The van der Waals surface area contributed by atoms with E-state index in [0.29, 0.717) is 17.0 Å². The lowest BCUT2D eigenvalue weighted by Gasteiger charge is -2.12. The number of amides is 1. The lowest BCUT2D eigenvalue weighted by Crippen LogP contribution is -2.25. The Kier molecular flexibility index (Phi) is 5.26. The maximum atomic E-state index is 12.8. The molecule has 0 aliphatic carbocycles. The number of thiophene rings is 1. The first-order valence-electron chi connectivity index (χ1n) is 8.56. The van der Waals surface area contributed by atoms with E-state index < -0.39 is 11.7 Å². The van der Waals surface area contributed by atoms with Gasteiger partial charge in [-0.1, -0.05) is 12.1 Å². The van der Waals surface area contributed by atoms with Crippen molar-refractivity contribution >= 4 is 43.4 Å². The van der Waals surface area contributed by atoms with Crippen LogP contribution < -0.4 is 5.32 Å². The van der Waals surface area contributed by atoms with E-state index in [1.54, 1.807) is 22.8 Å². The lowest BCUT2D eigenvalue weighted by atomic mass is 10.1. The SMILES string of the molecule is O=C(NCc1ccco1)c1cc2scc(Br)c2n1Cc1ccc(C(F)(F)F)cc1. The molecule has 4 aromatic rings. The largest absolute Gasteiger partial charge is 0.467 e. The average molecular weight is 483 g/mol. The monoisotopic (exact) mass is 482 g/mol. The number of furan rings is 1. The van der Waals surface area contributed by atoms with E-state index in [-0.39, 0.29) is 19.0 Å². The maximum Gasteiger partial charge on any atom is 0.416 e. The predicted octanol–water partition coefficient (Wildman–Crippen LogP) is 6.06. The molecule has 150 valence electrons. The fourth-order valence-corrected chi connectivity index (χ4v) is 4.73. The van der Waals surface area contributed by atoms with Gasteiger partial charge in [0, 0.05) is 11.9 Å². The second-order valence-electron chi connectivity index (χ2n) is 6.37.